The molecule has 0 amide bonds. The lowest BCUT2D eigenvalue weighted by molar-refractivity contribution is 0.660. The van der Waals surface area contributed by atoms with Gasteiger partial charge in [-0.15, -0.1) is 11.3 Å². The summed E-state index contributed by atoms with van der Waals surface area (Å²) in [4.78, 5) is 2.53. The topological polar surface area (TPSA) is 3.24 Å². The van der Waals surface area contributed by atoms with Gasteiger partial charge in [0.25, 0.3) is 0 Å². The zero-order chi connectivity index (χ0) is 40.3. The Kier molecular flexibility index (Phi) is 7.56. The van der Waals surface area contributed by atoms with Crippen molar-refractivity contribution in [2.75, 3.05) is 4.90 Å². The highest BCUT2D eigenvalue weighted by atomic mass is 32.1. The molecule has 0 atom stereocenters. The van der Waals surface area contributed by atoms with Crippen LogP contribution >= 0.6 is 11.3 Å². The molecular weight excluding hydrogens is 743 g/mol. The average Bonchev–Trinajstić information content (AvgIpc) is 3.86. The van der Waals surface area contributed by atoms with Gasteiger partial charge in [-0.1, -0.05) is 173 Å². The molecule has 12 rings (SSSR count). The molecule has 1 heterocycles. The van der Waals surface area contributed by atoms with E-state index in [0.29, 0.717) is 0 Å². The lowest BCUT2D eigenvalue weighted by Crippen LogP contribution is -2.17. The minimum Gasteiger partial charge on any atom is -0.310 e. The van der Waals surface area contributed by atoms with Crippen LogP contribution in [0.25, 0.3) is 75.5 Å². The summed E-state index contributed by atoms with van der Waals surface area (Å²) in [6, 6.07) is 70.5. The highest BCUT2D eigenvalue weighted by Gasteiger charge is 2.39. The van der Waals surface area contributed by atoms with Gasteiger partial charge < -0.3 is 4.90 Å². The molecule has 0 unspecified atom stereocenters. The van der Waals surface area contributed by atoms with Crippen LogP contribution in [0.1, 0.15) is 49.9 Å². The maximum atomic E-state index is 2.53. The molecule has 60 heavy (non-hydrogen) atoms. The van der Waals surface area contributed by atoms with Crippen LogP contribution in [0.2, 0.25) is 0 Å². The first-order chi connectivity index (χ1) is 29.3. The third kappa shape index (κ3) is 5.04. The van der Waals surface area contributed by atoms with Gasteiger partial charge in [-0.05, 0) is 115 Å². The predicted molar refractivity (Wildman–Crippen MR) is 258 cm³/mol. The largest absolute Gasteiger partial charge is 0.310 e. The van der Waals surface area contributed by atoms with E-state index < -0.39 is 0 Å². The van der Waals surface area contributed by atoms with Gasteiger partial charge in [0.15, 0.2) is 0 Å². The number of nitrogens with zero attached hydrogens (tertiary/aromatic N) is 1. The summed E-state index contributed by atoms with van der Waals surface area (Å²) < 4.78 is 2.66. The third-order valence-corrected chi connectivity index (χ3v) is 14.9. The Morgan fingerprint density at radius 1 is 0.367 bits per heavy atom. The highest BCUT2D eigenvalue weighted by Crippen LogP contribution is 2.56. The lowest BCUT2D eigenvalue weighted by atomic mass is 9.79. The van der Waals surface area contributed by atoms with Crippen molar-refractivity contribution in [3.05, 3.63) is 210 Å². The van der Waals surface area contributed by atoms with Gasteiger partial charge in [-0.2, -0.15) is 0 Å². The second kappa shape index (κ2) is 12.9. The molecule has 0 saturated carbocycles. The molecule has 0 spiro atoms. The molecule has 286 valence electrons. The second-order valence-electron chi connectivity index (χ2n) is 17.7. The van der Waals surface area contributed by atoms with Crippen molar-refractivity contribution in [3.8, 4) is 44.5 Å². The summed E-state index contributed by atoms with van der Waals surface area (Å²) in [6.07, 6.45) is 0. The average molecular weight is 786 g/mol. The van der Waals surface area contributed by atoms with Crippen LogP contribution in [0.15, 0.2) is 188 Å². The number of thiophene rings is 1. The summed E-state index contributed by atoms with van der Waals surface area (Å²) >= 11 is 1.89. The predicted octanol–water partition coefficient (Wildman–Crippen LogP) is 16.6. The minimum absolute atomic E-state index is 0.128. The van der Waals surface area contributed by atoms with Crippen molar-refractivity contribution in [1.29, 1.82) is 0 Å². The van der Waals surface area contributed by atoms with E-state index in [1.807, 2.05) is 11.3 Å². The van der Waals surface area contributed by atoms with Crippen molar-refractivity contribution in [2.45, 2.75) is 38.5 Å². The van der Waals surface area contributed by atoms with Crippen LogP contribution in [0, 0.1) is 0 Å². The molecule has 2 heteroatoms. The van der Waals surface area contributed by atoms with Crippen molar-refractivity contribution in [1.82, 2.24) is 0 Å². The summed E-state index contributed by atoms with van der Waals surface area (Å²) in [5, 5.41) is 5.21. The standard InChI is InChI=1S/C58H43NS/c1-57(2)50-23-12-10-17-42(50)43-31-30-40(34-52(43)57)59(39-28-25-37(26-29-39)41-21-14-22-47-45-19-11-13-24-54(45)60-56(41)47)53-35-49-48-33-38(36-15-6-5-7-16-36)27-32-51(48)58(3,4)55(49)46-20-9-8-18-44(46)53/h5-35H,1-4H3. The first-order valence-corrected chi connectivity index (χ1v) is 21.9. The molecule has 0 radical (unpaired) electrons. The zero-order valence-corrected chi connectivity index (χ0v) is 35.1. The first kappa shape index (κ1) is 35.2. The Labute approximate surface area is 355 Å². The molecule has 0 N–H and O–H groups in total. The smallest absolute Gasteiger partial charge is 0.0546 e. The maximum Gasteiger partial charge on any atom is 0.0546 e. The van der Waals surface area contributed by atoms with Crippen LogP contribution in [-0.4, -0.2) is 0 Å². The Hall–Kier alpha value is -6.74. The number of fused-ring (bicyclic) bond motifs is 11. The molecule has 2 aliphatic carbocycles. The molecular formula is C58H43NS. The molecule has 9 aromatic carbocycles. The summed E-state index contributed by atoms with van der Waals surface area (Å²) in [5.41, 5.74) is 19.0. The number of hydrogen-bond acceptors (Lipinski definition) is 2. The van der Waals surface area contributed by atoms with Crippen molar-refractivity contribution in [3.63, 3.8) is 0 Å². The molecule has 1 nitrogen and oxygen atoms in total. The monoisotopic (exact) mass is 785 g/mol. The molecule has 0 saturated heterocycles. The summed E-state index contributed by atoms with van der Waals surface area (Å²) in [6.45, 7) is 9.56. The van der Waals surface area contributed by atoms with Gasteiger partial charge in [-0.3, -0.25) is 0 Å². The Morgan fingerprint density at radius 2 is 1.00 bits per heavy atom. The second-order valence-corrected chi connectivity index (χ2v) is 18.7. The number of anilines is 3. The molecule has 10 aromatic rings. The fourth-order valence-electron chi connectivity index (χ4n) is 10.7. The Bertz CT molecular complexity index is 3370. The van der Waals surface area contributed by atoms with Crippen LogP contribution in [-0.2, 0) is 10.8 Å². The fourth-order valence-corrected chi connectivity index (χ4v) is 11.9. The van der Waals surface area contributed by atoms with Gasteiger partial charge in [0.1, 0.15) is 0 Å². The van der Waals surface area contributed by atoms with E-state index in [1.165, 1.54) is 103 Å². The van der Waals surface area contributed by atoms with Crippen molar-refractivity contribution in [2.24, 2.45) is 0 Å². The van der Waals surface area contributed by atoms with Crippen molar-refractivity contribution >= 4 is 59.3 Å². The van der Waals surface area contributed by atoms with Gasteiger partial charge >= 0.3 is 0 Å². The van der Waals surface area contributed by atoms with Crippen LogP contribution in [0.3, 0.4) is 0 Å². The van der Waals surface area contributed by atoms with E-state index in [0.717, 1.165) is 11.4 Å². The van der Waals surface area contributed by atoms with E-state index in [1.54, 1.807) is 0 Å². The third-order valence-electron chi connectivity index (χ3n) is 13.6. The molecule has 0 fully saturated rings. The number of rotatable bonds is 5. The van der Waals surface area contributed by atoms with Crippen LogP contribution in [0.5, 0.6) is 0 Å². The number of benzene rings is 9. The van der Waals surface area contributed by atoms with E-state index in [-0.39, 0.29) is 10.8 Å². The molecule has 2 aliphatic rings. The van der Waals surface area contributed by atoms with Gasteiger partial charge in [-0.25, -0.2) is 0 Å². The van der Waals surface area contributed by atoms with Gasteiger partial charge in [0, 0.05) is 47.8 Å². The normalized spacial score (nSPS) is 14.3. The molecule has 0 aliphatic heterocycles. The van der Waals surface area contributed by atoms with E-state index in [2.05, 4.69) is 221 Å². The number of hydrogen-bond donors (Lipinski definition) is 0. The van der Waals surface area contributed by atoms with Gasteiger partial charge in [0.05, 0.1) is 5.69 Å². The molecule has 1 aromatic heterocycles. The highest BCUT2D eigenvalue weighted by molar-refractivity contribution is 7.26. The zero-order valence-electron chi connectivity index (χ0n) is 34.3. The van der Waals surface area contributed by atoms with E-state index in [9.17, 15) is 0 Å². The Morgan fingerprint density at radius 3 is 1.83 bits per heavy atom. The minimum atomic E-state index is -0.165. The van der Waals surface area contributed by atoms with Gasteiger partial charge in [0.2, 0.25) is 0 Å². The van der Waals surface area contributed by atoms with E-state index >= 15 is 0 Å². The van der Waals surface area contributed by atoms with Crippen LogP contribution in [0.4, 0.5) is 17.1 Å². The Balaban J connectivity index is 1.09. The summed E-state index contributed by atoms with van der Waals surface area (Å²) in [5.74, 6) is 0. The lowest BCUT2D eigenvalue weighted by Gasteiger charge is -2.31. The fraction of sp³-hybridized carbons (Fsp3) is 0.103. The summed E-state index contributed by atoms with van der Waals surface area (Å²) in [7, 11) is 0. The van der Waals surface area contributed by atoms with Crippen molar-refractivity contribution < 1.29 is 0 Å². The van der Waals surface area contributed by atoms with Crippen LogP contribution < -0.4 is 4.90 Å². The molecule has 0 bridgehead atoms. The first-order valence-electron chi connectivity index (χ1n) is 21.1. The maximum absolute atomic E-state index is 2.53. The SMILES string of the molecule is CC1(C)c2ccccc2-c2ccc(N(c3ccc(-c4cccc5c4sc4ccccc45)cc3)c3cc4c(c5ccccc35)C(C)(C)c3ccc(-c5ccccc5)cc3-4)cc21. The van der Waals surface area contributed by atoms with E-state index in [4.69, 9.17) is 0 Å². The quantitative estimate of drug-likeness (QED) is 0.168.